The SMILES string of the molecule is Cc1ncccc1OCCOc1cccc(C(=O)NN)c1. The van der Waals surface area contributed by atoms with Crippen molar-refractivity contribution in [1.29, 1.82) is 0 Å². The van der Waals surface area contributed by atoms with Gasteiger partial charge >= 0.3 is 0 Å². The predicted octanol–water partition coefficient (Wildman–Crippen LogP) is 1.45. The van der Waals surface area contributed by atoms with Crippen LogP contribution < -0.4 is 20.7 Å². The van der Waals surface area contributed by atoms with Gasteiger partial charge in [0, 0.05) is 11.8 Å². The van der Waals surface area contributed by atoms with E-state index in [1.54, 1.807) is 30.5 Å². The van der Waals surface area contributed by atoms with Gasteiger partial charge in [-0.1, -0.05) is 6.07 Å². The number of nitrogens with one attached hydrogen (secondary N) is 1. The molecule has 1 amide bonds. The number of hydrogen-bond donors (Lipinski definition) is 2. The molecule has 0 saturated carbocycles. The molecular weight excluding hydrogens is 270 g/mol. The van der Waals surface area contributed by atoms with Crippen molar-refractivity contribution in [1.82, 2.24) is 10.4 Å². The van der Waals surface area contributed by atoms with Crippen molar-refractivity contribution in [3.05, 3.63) is 53.9 Å². The van der Waals surface area contributed by atoms with E-state index in [1.807, 2.05) is 19.1 Å². The molecule has 2 aromatic rings. The van der Waals surface area contributed by atoms with Gasteiger partial charge in [0.1, 0.15) is 24.7 Å². The molecule has 0 unspecified atom stereocenters. The predicted molar refractivity (Wildman–Crippen MR) is 78.1 cm³/mol. The number of hydrazine groups is 1. The summed E-state index contributed by atoms with van der Waals surface area (Å²) in [6.07, 6.45) is 1.71. The maximum atomic E-state index is 11.4. The summed E-state index contributed by atoms with van der Waals surface area (Å²) in [5, 5.41) is 0. The zero-order valence-corrected chi connectivity index (χ0v) is 11.7. The molecule has 0 atom stereocenters. The number of carbonyl (C=O) groups excluding carboxylic acids is 1. The van der Waals surface area contributed by atoms with Gasteiger partial charge in [-0.2, -0.15) is 0 Å². The van der Waals surface area contributed by atoms with Gasteiger partial charge in [0.25, 0.3) is 5.91 Å². The van der Waals surface area contributed by atoms with Crippen LogP contribution in [0.1, 0.15) is 16.1 Å². The molecule has 0 aliphatic rings. The third-order valence-corrected chi connectivity index (χ3v) is 2.80. The van der Waals surface area contributed by atoms with Crippen molar-refractivity contribution in [3.8, 4) is 11.5 Å². The number of carbonyl (C=O) groups is 1. The average molecular weight is 287 g/mol. The Morgan fingerprint density at radius 2 is 2.05 bits per heavy atom. The Labute approximate surface area is 122 Å². The number of hydrogen-bond acceptors (Lipinski definition) is 5. The Kier molecular flexibility index (Phi) is 5.11. The largest absolute Gasteiger partial charge is 0.490 e. The fraction of sp³-hybridized carbons (Fsp3) is 0.200. The fourth-order valence-electron chi connectivity index (χ4n) is 1.74. The summed E-state index contributed by atoms with van der Waals surface area (Å²) in [6, 6.07) is 10.4. The number of amides is 1. The van der Waals surface area contributed by atoms with Gasteiger partial charge in [0.05, 0.1) is 5.69 Å². The molecule has 1 aromatic carbocycles. The second kappa shape index (κ2) is 7.25. The molecule has 110 valence electrons. The lowest BCUT2D eigenvalue weighted by atomic mass is 10.2. The van der Waals surface area contributed by atoms with Gasteiger partial charge in [-0.05, 0) is 37.3 Å². The zero-order valence-electron chi connectivity index (χ0n) is 11.7. The third-order valence-electron chi connectivity index (χ3n) is 2.80. The minimum absolute atomic E-state index is 0.359. The molecule has 21 heavy (non-hydrogen) atoms. The van der Waals surface area contributed by atoms with Gasteiger partial charge in [-0.3, -0.25) is 15.2 Å². The van der Waals surface area contributed by atoms with Crippen LogP contribution in [0.5, 0.6) is 11.5 Å². The number of ether oxygens (including phenoxy) is 2. The summed E-state index contributed by atoms with van der Waals surface area (Å²) in [4.78, 5) is 15.5. The Hall–Kier alpha value is -2.60. The molecule has 1 aromatic heterocycles. The Bertz CT molecular complexity index is 617. The first-order valence-corrected chi connectivity index (χ1v) is 6.49. The van der Waals surface area contributed by atoms with E-state index in [2.05, 4.69) is 10.4 Å². The first kappa shape index (κ1) is 14.8. The van der Waals surface area contributed by atoms with Gasteiger partial charge in [-0.25, -0.2) is 5.84 Å². The number of rotatable bonds is 6. The van der Waals surface area contributed by atoms with Crippen molar-refractivity contribution in [3.63, 3.8) is 0 Å². The van der Waals surface area contributed by atoms with Crippen LogP contribution in [-0.4, -0.2) is 24.1 Å². The van der Waals surface area contributed by atoms with Crippen molar-refractivity contribution < 1.29 is 14.3 Å². The normalized spacial score (nSPS) is 10.0. The molecule has 0 radical (unpaired) electrons. The van der Waals surface area contributed by atoms with Gasteiger partial charge in [0.15, 0.2) is 0 Å². The topological polar surface area (TPSA) is 86.5 Å². The smallest absolute Gasteiger partial charge is 0.265 e. The van der Waals surface area contributed by atoms with Crippen LogP contribution in [0.2, 0.25) is 0 Å². The van der Waals surface area contributed by atoms with Crippen molar-refractivity contribution >= 4 is 5.91 Å². The van der Waals surface area contributed by atoms with Crippen LogP contribution in [0.3, 0.4) is 0 Å². The molecular formula is C15H17N3O3. The number of nitrogens with two attached hydrogens (primary N) is 1. The van der Waals surface area contributed by atoms with Crippen LogP contribution in [0.25, 0.3) is 0 Å². The first-order valence-electron chi connectivity index (χ1n) is 6.49. The molecule has 1 heterocycles. The van der Waals surface area contributed by atoms with E-state index in [9.17, 15) is 4.79 Å². The molecule has 0 bridgehead atoms. The first-order chi connectivity index (χ1) is 10.2. The Balaban J connectivity index is 1.84. The summed E-state index contributed by atoms with van der Waals surface area (Å²) in [7, 11) is 0. The Morgan fingerprint density at radius 1 is 1.24 bits per heavy atom. The number of benzene rings is 1. The van der Waals surface area contributed by atoms with Crippen LogP contribution >= 0.6 is 0 Å². The van der Waals surface area contributed by atoms with Crippen LogP contribution in [0.15, 0.2) is 42.6 Å². The fourth-order valence-corrected chi connectivity index (χ4v) is 1.74. The summed E-state index contributed by atoms with van der Waals surface area (Å²) in [5.74, 6) is 6.05. The van der Waals surface area contributed by atoms with E-state index in [0.29, 0.717) is 24.5 Å². The van der Waals surface area contributed by atoms with E-state index in [-0.39, 0.29) is 5.91 Å². The lowest BCUT2D eigenvalue weighted by Gasteiger charge is -2.10. The number of pyridine rings is 1. The zero-order chi connectivity index (χ0) is 15.1. The van der Waals surface area contributed by atoms with Crippen molar-refractivity contribution in [2.75, 3.05) is 13.2 Å². The molecule has 0 aliphatic heterocycles. The molecule has 6 heteroatoms. The molecule has 0 fully saturated rings. The van der Waals surface area contributed by atoms with E-state index in [1.165, 1.54) is 0 Å². The maximum Gasteiger partial charge on any atom is 0.265 e. The highest BCUT2D eigenvalue weighted by Crippen LogP contribution is 2.15. The summed E-state index contributed by atoms with van der Waals surface area (Å²) in [6.45, 7) is 2.63. The molecule has 2 rings (SSSR count). The molecule has 0 saturated heterocycles. The highest BCUT2D eigenvalue weighted by molar-refractivity contribution is 5.94. The van der Waals surface area contributed by atoms with Crippen molar-refractivity contribution in [2.45, 2.75) is 6.92 Å². The summed E-state index contributed by atoms with van der Waals surface area (Å²) in [5.41, 5.74) is 3.35. The van der Waals surface area contributed by atoms with Gasteiger partial charge < -0.3 is 9.47 Å². The lowest BCUT2D eigenvalue weighted by Crippen LogP contribution is -2.29. The summed E-state index contributed by atoms with van der Waals surface area (Å²) < 4.78 is 11.1. The van der Waals surface area contributed by atoms with Crippen molar-refractivity contribution in [2.24, 2.45) is 5.84 Å². The minimum atomic E-state index is -0.359. The number of nitrogens with zero attached hydrogens (tertiary/aromatic N) is 1. The average Bonchev–Trinajstić information content (AvgIpc) is 2.52. The molecule has 3 N–H and O–H groups in total. The maximum absolute atomic E-state index is 11.4. The quantitative estimate of drug-likeness (QED) is 0.363. The van der Waals surface area contributed by atoms with Crippen LogP contribution in [-0.2, 0) is 0 Å². The van der Waals surface area contributed by atoms with E-state index in [0.717, 1.165) is 11.4 Å². The van der Waals surface area contributed by atoms with Crippen LogP contribution in [0.4, 0.5) is 0 Å². The lowest BCUT2D eigenvalue weighted by molar-refractivity contribution is 0.0953. The van der Waals surface area contributed by atoms with E-state index >= 15 is 0 Å². The highest BCUT2D eigenvalue weighted by Gasteiger charge is 2.04. The van der Waals surface area contributed by atoms with E-state index < -0.39 is 0 Å². The molecule has 0 spiro atoms. The molecule has 0 aliphatic carbocycles. The highest BCUT2D eigenvalue weighted by atomic mass is 16.5. The second-order valence-corrected chi connectivity index (χ2v) is 4.29. The second-order valence-electron chi connectivity index (χ2n) is 4.29. The number of nitrogen functional groups attached to an aromatic ring is 1. The standard InChI is InChI=1S/C15H17N3O3/c1-11-14(6-3-7-17-11)21-9-8-20-13-5-2-4-12(10-13)15(19)18-16/h2-7,10H,8-9,16H2,1H3,(H,18,19). The van der Waals surface area contributed by atoms with E-state index in [4.69, 9.17) is 15.3 Å². The van der Waals surface area contributed by atoms with Gasteiger partial charge in [-0.15, -0.1) is 0 Å². The van der Waals surface area contributed by atoms with Gasteiger partial charge in [0.2, 0.25) is 0 Å². The number of aryl methyl sites for hydroxylation is 1. The van der Waals surface area contributed by atoms with Crippen LogP contribution in [0, 0.1) is 6.92 Å². The minimum Gasteiger partial charge on any atom is -0.490 e. The summed E-state index contributed by atoms with van der Waals surface area (Å²) >= 11 is 0. The number of aromatic nitrogens is 1. The Morgan fingerprint density at radius 3 is 2.81 bits per heavy atom. The molecule has 6 nitrogen and oxygen atoms in total. The third kappa shape index (κ3) is 4.19. The monoisotopic (exact) mass is 287 g/mol.